The number of rotatable bonds is 5. The van der Waals surface area contributed by atoms with E-state index in [2.05, 4.69) is 5.32 Å². The summed E-state index contributed by atoms with van der Waals surface area (Å²) in [4.78, 5) is 23.4. The van der Waals surface area contributed by atoms with Crippen LogP contribution >= 0.6 is 0 Å². The van der Waals surface area contributed by atoms with E-state index in [1.54, 1.807) is 6.92 Å². The Hall–Kier alpha value is -1.91. The number of halogens is 1. The van der Waals surface area contributed by atoms with Crippen molar-refractivity contribution in [2.75, 3.05) is 0 Å². The summed E-state index contributed by atoms with van der Waals surface area (Å²) in [5.74, 6) is -1.42. The van der Waals surface area contributed by atoms with Gasteiger partial charge in [0.25, 0.3) is 0 Å². The Labute approximate surface area is 123 Å². The molecule has 21 heavy (non-hydrogen) atoms. The first-order chi connectivity index (χ1) is 9.97. The van der Waals surface area contributed by atoms with Crippen molar-refractivity contribution >= 4 is 11.9 Å². The van der Waals surface area contributed by atoms with Crippen LogP contribution in [-0.2, 0) is 9.59 Å². The number of carboxylic acids is 1. The number of benzene rings is 1. The molecule has 4 nitrogen and oxygen atoms in total. The molecule has 1 aliphatic rings. The van der Waals surface area contributed by atoms with E-state index in [9.17, 15) is 19.1 Å². The highest BCUT2D eigenvalue weighted by atomic mass is 19.1. The molecule has 0 saturated heterocycles. The van der Waals surface area contributed by atoms with E-state index in [0.29, 0.717) is 23.5 Å². The Morgan fingerprint density at radius 3 is 2.62 bits per heavy atom. The van der Waals surface area contributed by atoms with Crippen LogP contribution < -0.4 is 5.32 Å². The molecule has 114 valence electrons. The summed E-state index contributed by atoms with van der Waals surface area (Å²) in [6, 6.07) is 2.96. The van der Waals surface area contributed by atoms with Gasteiger partial charge >= 0.3 is 5.97 Å². The first-order valence-electron chi connectivity index (χ1n) is 7.25. The molecular formula is C16H20FNO3. The molecule has 1 aromatic rings. The van der Waals surface area contributed by atoms with Crippen molar-refractivity contribution < 1.29 is 19.1 Å². The molecule has 2 N–H and O–H groups in total. The number of hydrogen-bond donors (Lipinski definition) is 2. The molecule has 1 amide bonds. The fourth-order valence-corrected chi connectivity index (χ4v) is 2.83. The van der Waals surface area contributed by atoms with Crippen LogP contribution in [0.5, 0.6) is 0 Å². The van der Waals surface area contributed by atoms with E-state index < -0.39 is 12.0 Å². The van der Waals surface area contributed by atoms with Gasteiger partial charge in [-0.2, -0.15) is 0 Å². The van der Waals surface area contributed by atoms with E-state index in [1.165, 1.54) is 18.2 Å². The second-order valence-electron chi connectivity index (χ2n) is 5.70. The lowest BCUT2D eigenvalue weighted by Gasteiger charge is -2.17. The van der Waals surface area contributed by atoms with Crippen molar-refractivity contribution in [2.24, 2.45) is 5.92 Å². The minimum Gasteiger partial charge on any atom is -0.479 e. The van der Waals surface area contributed by atoms with Crippen LogP contribution in [0.2, 0.25) is 0 Å². The highest BCUT2D eigenvalue weighted by Crippen LogP contribution is 2.27. The Morgan fingerprint density at radius 2 is 2.05 bits per heavy atom. The van der Waals surface area contributed by atoms with E-state index in [0.717, 1.165) is 25.7 Å². The largest absolute Gasteiger partial charge is 0.479 e. The zero-order valence-corrected chi connectivity index (χ0v) is 12.1. The maximum Gasteiger partial charge on any atom is 0.330 e. The van der Waals surface area contributed by atoms with Crippen LogP contribution in [-0.4, -0.2) is 17.0 Å². The zero-order chi connectivity index (χ0) is 15.4. The summed E-state index contributed by atoms with van der Waals surface area (Å²) >= 11 is 0. The summed E-state index contributed by atoms with van der Waals surface area (Å²) in [6.45, 7) is 1.57. The van der Waals surface area contributed by atoms with Crippen LogP contribution in [0.25, 0.3) is 0 Å². The Balaban J connectivity index is 2.06. The molecule has 1 aliphatic carbocycles. The van der Waals surface area contributed by atoms with Crippen molar-refractivity contribution in [3.8, 4) is 0 Å². The molecular weight excluding hydrogens is 273 g/mol. The molecule has 1 aromatic carbocycles. The number of hydrogen-bond acceptors (Lipinski definition) is 2. The molecule has 0 aliphatic heterocycles. The second kappa shape index (κ2) is 6.70. The first-order valence-corrected chi connectivity index (χ1v) is 7.25. The molecule has 1 unspecified atom stereocenters. The van der Waals surface area contributed by atoms with Crippen molar-refractivity contribution in [2.45, 2.75) is 45.1 Å². The second-order valence-corrected chi connectivity index (χ2v) is 5.70. The fraction of sp³-hybridized carbons (Fsp3) is 0.500. The van der Waals surface area contributed by atoms with Crippen LogP contribution in [0.1, 0.15) is 49.3 Å². The fourth-order valence-electron chi connectivity index (χ4n) is 2.83. The molecule has 0 heterocycles. The van der Waals surface area contributed by atoms with Gasteiger partial charge in [0, 0.05) is 6.42 Å². The Bertz CT molecular complexity index is 538. The number of aliphatic carboxylic acids is 1. The van der Waals surface area contributed by atoms with E-state index in [4.69, 9.17) is 0 Å². The topological polar surface area (TPSA) is 66.4 Å². The number of aryl methyl sites for hydroxylation is 1. The number of carboxylic acid groups (broad SMARTS) is 1. The maximum atomic E-state index is 13.3. The third kappa shape index (κ3) is 4.03. The summed E-state index contributed by atoms with van der Waals surface area (Å²) in [5, 5.41) is 11.8. The van der Waals surface area contributed by atoms with Gasteiger partial charge in [0.15, 0.2) is 6.04 Å². The predicted molar refractivity (Wildman–Crippen MR) is 76.2 cm³/mol. The molecule has 0 aromatic heterocycles. The number of nitrogens with one attached hydrogen (secondary N) is 1. The van der Waals surface area contributed by atoms with Gasteiger partial charge in [0.1, 0.15) is 5.82 Å². The van der Waals surface area contributed by atoms with E-state index in [-0.39, 0.29) is 11.7 Å². The van der Waals surface area contributed by atoms with Crippen LogP contribution in [0, 0.1) is 18.7 Å². The molecule has 2 rings (SSSR count). The number of amides is 1. The lowest BCUT2D eigenvalue weighted by Crippen LogP contribution is -2.34. The maximum absolute atomic E-state index is 13.3. The zero-order valence-electron chi connectivity index (χ0n) is 12.1. The molecule has 1 atom stereocenters. The van der Waals surface area contributed by atoms with Gasteiger partial charge in [-0.15, -0.1) is 0 Å². The number of carbonyl (C=O) groups excluding carboxylic acids is 1. The third-order valence-corrected chi connectivity index (χ3v) is 4.02. The molecule has 1 fully saturated rings. The van der Waals surface area contributed by atoms with Gasteiger partial charge < -0.3 is 10.4 Å². The van der Waals surface area contributed by atoms with E-state index >= 15 is 0 Å². The van der Waals surface area contributed by atoms with Crippen molar-refractivity contribution in [1.29, 1.82) is 0 Å². The van der Waals surface area contributed by atoms with Gasteiger partial charge in [-0.1, -0.05) is 25.0 Å². The first kappa shape index (κ1) is 15.5. The highest BCUT2D eigenvalue weighted by molar-refractivity contribution is 5.84. The van der Waals surface area contributed by atoms with Gasteiger partial charge in [-0.25, -0.2) is 9.18 Å². The van der Waals surface area contributed by atoms with Crippen LogP contribution in [0.3, 0.4) is 0 Å². The molecule has 0 spiro atoms. The van der Waals surface area contributed by atoms with E-state index in [1.807, 2.05) is 0 Å². The Kier molecular flexibility index (Phi) is 4.94. The molecule has 5 heteroatoms. The number of carbonyl (C=O) groups is 2. The lowest BCUT2D eigenvalue weighted by molar-refractivity contribution is -0.142. The van der Waals surface area contributed by atoms with Gasteiger partial charge in [-0.3, -0.25) is 4.79 Å². The van der Waals surface area contributed by atoms with Gasteiger partial charge in [0.05, 0.1) is 0 Å². The van der Waals surface area contributed by atoms with Gasteiger partial charge in [0.2, 0.25) is 5.91 Å². The van der Waals surface area contributed by atoms with Crippen molar-refractivity contribution in [1.82, 2.24) is 5.32 Å². The quantitative estimate of drug-likeness (QED) is 0.877. The van der Waals surface area contributed by atoms with Crippen LogP contribution in [0.15, 0.2) is 18.2 Å². The lowest BCUT2D eigenvalue weighted by atomic mass is 10.0. The SMILES string of the molecule is Cc1cc(C(NC(=O)CC2CCCC2)C(=O)O)ccc1F. The molecule has 1 saturated carbocycles. The smallest absolute Gasteiger partial charge is 0.330 e. The van der Waals surface area contributed by atoms with Crippen molar-refractivity contribution in [3.63, 3.8) is 0 Å². The summed E-state index contributed by atoms with van der Waals surface area (Å²) in [6.07, 6.45) is 4.69. The standard InChI is InChI=1S/C16H20FNO3/c1-10-8-12(6-7-13(10)17)15(16(20)21)18-14(19)9-11-4-2-3-5-11/h6-8,11,15H,2-5,9H2,1H3,(H,18,19)(H,20,21). The highest BCUT2D eigenvalue weighted by Gasteiger charge is 2.25. The van der Waals surface area contributed by atoms with Crippen molar-refractivity contribution in [3.05, 3.63) is 35.1 Å². The summed E-state index contributed by atoms with van der Waals surface area (Å²) < 4.78 is 13.3. The average molecular weight is 293 g/mol. The van der Waals surface area contributed by atoms with Gasteiger partial charge in [-0.05, 0) is 42.9 Å². The summed E-state index contributed by atoms with van der Waals surface area (Å²) in [5.41, 5.74) is 0.755. The average Bonchev–Trinajstić information content (AvgIpc) is 2.92. The predicted octanol–water partition coefficient (Wildman–Crippen LogP) is 2.96. The molecule has 0 radical (unpaired) electrons. The third-order valence-electron chi connectivity index (χ3n) is 4.02. The minimum absolute atomic E-state index is 0.253. The monoisotopic (exact) mass is 293 g/mol. The summed E-state index contributed by atoms with van der Waals surface area (Å²) in [7, 11) is 0. The molecule has 0 bridgehead atoms. The van der Waals surface area contributed by atoms with Crippen LogP contribution in [0.4, 0.5) is 4.39 Å². The Morgan fingerprint density at radius 1 is 1.38 bits per heavy atom. The normalized spacial score (nSPS) is 16.7. The minimum atomic E-state index is -1.14.